The summed E-state index contributed by atoms with van der Waals surface area (Å²) < 4.78 is 2.34. The van der Waals surface area contributed by atoms with Gasteiger partial charge in [-0.25, -0.2) is 0 Å². The SMILES string of the molecule is C=C1c2c(nc(N3CCC[C@@H](N)C3)n2CC)N2CCCN=C2N1Cc1cccc2c1C=CCC2. The molecule has 1 aliphatic carbocycles. The van der Waals surface area contributed by atoms with Crippen molar-refractivity contribution in [1.82, 2.24) is 14.5 Å². The highest BCUT2D eigenvalue weighted by Gasteiger charge is 2.39. The second-order valence-electron chi connectivity index (χ2n) is 9.83. The van der Waals surface area contributed by atoms with E-state index in [1.165, 1.54) is 16.7 Å². The van der Waals surface area contributed by atoms with Crippen molar-refractivity contribution in [3.05, 3.63) is 53.2 Å². The van der Waals surface area contributed by atoms with Crippen molar-refractivity contribution in [1.29, 1.82) is 0 Å². The van der Waals surface area contributed by atoms with E-state index in [1.54, 1.807) is 0 Å². The molecule has 7 heteroatoms. The van der Waals surface area contributed by atoms with Gasteiger partial charge < -0.3 is 20.1 Å². The molecule has 6 rings (SSSR count). The zero-order valence-electron chi connectivity index (χ0n) is 20.2. The fourth-order valence-corrected chi connectivity index (χ4v) is 5.92. The number of aromatic nitrogens is 2. The van der Waals surface area contributed by atoms with Gasteiger partial charge in [0.2, 0.25) is 11.9 Å². The molecule has 0 saturated carbocycles. The van der Waals surface area contributed by atoms with Gasteiger partial charge in [-0.2, -0.15) is 4.98 Å². The maximum Gasteiger partial charge on any atom is 0.208 e. The summed E-state index contributed by atoms with van der Waals surface area (Å²) in [6, 6.07) is 6.91. The summed E-state index contributed by atoms with van der Waals surface area (Å²) in [5.74, 6) is 3.02. The molecule has 0 unspecified atom stereocenters. The Morgan fingerprint density at radius 1 is 1.21 bits per heavy atom. The van der Waals surface area contributed by atoms with Crippen LogP contribution in [-0.2, 0) is 19.5 Å². The normalized spacial score (nSPS) is 21.8. The number of imidazole rings is 1. The number of aryl methyl sites for hydroxylation is 1. The largest absolute Gasteiger partial charge is 0.341 e. The average Bonchev–Trinajstić information content (AvgIpc) is 3.27. The van der Waals surface area contributed by atoms with Crippen LogP contribution in [0.4, 0.5) is 11.8 Å². The number of nitrogens with two attached hydrogens (primary N) is 1. The first-order valence-corrected chi connectivity index (χ1v) is 12.8. The van der Waals surface area contributed by atoms with Gasteiger partial charge in [-0.05, 0) is 55.7 Å². The predicted octanol–water partition coefficient (Wildman–Crippen LogP) is 3.84. The zero-order valence-corrected chi connectivity index (χ0v) is 20.2. The molecule has 2 N–H and O–H groups in total. The topological polar surface area (TPSA) is 65.9 Å². The van der Waals surface area contributed by atoms with Gasteiger partial charge in [-0.15, -0.1) is 0 Å². The van der Waals surface area contributed by atoms with Gasteiger partial charge in [0.05, 0.1) is 12.2 Å². The summed E-state index contributed by atoms with van der Waals surface area (Å²) >= 11 is 0. The molecule has 1 aromatic carbocycles. The summed E-state index contributed by atoms with van der Waals surface area (Å²) in [6.45, 7) is 12.1. The lowest BCUT2D eigenvalue weighted by molar-refractivity contribution is 0.492. The molecule has 1 fully saturated rings. The fourth-order valence-electron chi connectivity index (χ4n) is 5.92. The highest BCUT2D eigenvalue weighted by atomic mass is 15.5. The molecule has 0 amide bonds. The van der Waals surface area contributed by atoms with Crippen LogP contribution in [0.5, 0.6) is 0 Å². The number of hydrogen-bond acceptors (Lipinski definition) is 6. The number of allylic oxidation sites excluding steroid dienone is 1. The molecule has 34 heavy (non-hydrogen) atoms. The van der Waals surface area contributed by atoms with E-state index in [9.17, 15) is 0 Å². The number of anilines is 2. The third-order valence-electron chi connectivity index (χ3n) is 7.60. The average molecular weight is 458 g/mol. The quantitative estimate of drug-likeness (QED) is 0.756. The van der Waals surface area contributed by atoms with Gasteiger partial charge in [-0.1, -0.05) is 36.9 Å². The van der Waals surface area contributed by atoms with Crippen molar-refractivity contribution in [3.8, 4) is 0 Å². The molecule has 178 valence electrons. The van der Waals surface area contributed by atoms with Crippen LogP contribution in [-0.4, -0.2) is 52.6 Å². The number of aliphatic imine (C=N–C) groups is 1. The van der Waals surface area contributed by atoms with E-state index in [0.717, 1.165) is 100 Å². The third-order valence-corrected chi connectivity index (χ3v) is 7.60. The van der Waals surface area contributed by atoms with Crippen molar-refractivity contribution in [2.24, 2.45) is 10.7 Å². The van der Waals surface area contributed by atoms with Gasteiger partial charge in [0.25, 0.3) is 0 Å². The molecule has 4 heterocycles. The van der Waals surface area contributed by atoms with Crippen LogP contribution in [0, 0.1) is 0 Å². The second kappa shape index (κ2) is 8.62. The first kappa shape index (κ1) is 21.5. The molecule has 2 aromatic rings. The van der Waals surface area contributed by atoms with Gasteiger partial charge in [0, 0.05) is 38.8 Å². The zero-order chi connectivity index (χ0) is 23.2. The number of nitrogens with zero attached hydrogens (tertiary/aromatic N) is 6. The van der Waals surface area contributed by atoms with Crippen molar-refractivity contribution in [2.75, 3.05) is 36.0 Å². The fraction of sp³-hybridized carbons (Fsp3) is 0.481. The number of piperidine rings is 1. The molecule has 0 spiro atoms. The number of rotatable bonds is 4. The first-order chi connectivity index (χ1) is 16.7. The number of hydrogen-bond donors (Lipinski definition) is 1. The second-order valence-corrected chi connectivity index (χ2v) is 9.83. The maximum absolute atomic E-state index is 6.33. The van der Waals surface area contributed by atoms with Gasteiger partial charge in [-0.3, -0.25) is 9.89 Å². The minimum absolute atomic E-state index is 0.205. The lowest BCUT2D eigenvalue weighted by atomic mass is 9.93. The Balaban J connectivity index is 1.43. The summed E-state index contributed by atoms with van der Waals surface area (Å²) in [5, 5.41) is 0. The van der Waals surface area contributed by atoms with Crippen molar-refractivity contribution < 1.29 is 0 Å². The molecule has 0 bridgehead atoms. The summed E-state index contributed by atoms with van der Waals surface area (Å²) in [7, 11) is 0. The molecule has 1 saturated heterocycles. The lowest BCUT2D eigenvalue weighted by Gasteiger charge is -2.41. The highest BCUT2D eigenvalue weighted by Crippen LogP contribution is 2.40. The van der Waals surface area contributed by atoms with Crippen LogP contribution >= 0.6 is 0 Å². The number of benzene rings is 1. The smallest absolute Gasteiger partial charge is 0.208 e. The molecule has 0 radical (unpaired) electrons. The van der Waals surface area contributed by atoms with Gasteiger partial charge in [0.15, 0.2) is 5.82 Å². The van der Waals surface area contributed by atoms with E-state index in [4.69, 9.17) is 15.7 Å². The first-order valence-electron chi connectivity index (χ1n) is 12.8. The Labute approximate surface area is 202 Å². The van der Waals surface area contributed by atoms with Crippen LogP contribution in [0.15, 0.2) is 35.8 Å². The van der Waals surface area contributed by atoms with Gasteiger partial charge in [0.1, 0.15) is 5.69 Å². The summed E-state index contributed by atoms with van der Waals surface area (Å²) in [6.07, 6.45) is 10.1. The minimum Gasteiger partial charge on any atom is -0.341 e. The molecule has 1 aromatic heterocycles. The summed E-state index contributed by atoms with van der Waals surface area (Å²) in [4.78, 5) is 17.2. The molecule has 7 nitrogen and oxygen atoms in total. The van der Waals surface area contributed by atoms with E-state index < -0.39 is 0 Å². The van der Waals surface area contributed by atoms with E-state index >= 15 is 0 Å². The number of fused-ring (bicyclic) bond motifs is 4. The van der Waals surface area contributed by atoms with Crippen molar-refractivity contribution >= 4 is 29.5 Å². The minimum atomic E-state index is 0.205. The van der Waals surface area contributed by atoms with E-state index in [2.05, 4.69) is 63.1 Å². The molecular formula is C27H35N7. The van der Waals surface area contributed by atoms with Crippen LogP contribution < -0.4 is 15.5 Å². The standard InChI is InChI=1S/C27H35N7/c1-3-32-24-19(2)34(17-21-11-6-10-20-9-4-5-13-23(20)21)26-29-14-8-16-33(26)25(24)30-27(32)31-15-7-12-22(28)18-31/h5-6,10-11,13,22H,2-4,7-9,12,14-18,28H2,1H3/t22-/m1/s1. The van der Waals surface area contributed by atoms with Crippen LogP contribution in [0.25, 0.3) is 11.8 Å². The summed E-state index contributed by atoms with van der Waals surface area (Å²) in [5.41, 5.74) is 12.6. The molecule has 1 atom stereocenters. The highest BCUT2D eigenvalue weighted by molar-refractivity contribution is 6.06. The Kier molecular flexibility index (Phi) is 5.44. The number of guanidine groups is 1. The van der Waals surface area contributed by atoms with E-state index in [-0.39, 0.29) is 6.04 Å². The lowest BCUT2D eigenvalue weighted by Crippen LogP contribution is -2.50. The Bertz CT molecular complexity index is 1170. The Hall–Kier alpha value is -3.06. The maximum atomic E-state index is 6.33. The molecule has 4 aliphatic rings. The van der Waals surface area contributed by atoms with Crippen LogP contribution in [0.3, 0.4) is 0 Å². The third kappa shape index (κ3) is 3.45. The van der Waals surface area contributed by atoms with Crippen LogP contribution in [0.2, 0.25) is 0 Å². The predicted molar refractivity (Wildman–Crippen MR) is 140 cm³/mol. The van der Waals surface area contributed by atoms with Crippen molar-refractivity contribution in [2.45, 2.75) is 58.2 Å². The van der Waals surface area contributed by atoms with Gasteiger partial charge >= 0.3 is 0 Å². The van der Waals surface area contributed by atoms with Crippen molar-refractivity contribution in [3.63, 3.8) is 0 Å². The Morgan fingerprint density at radius 2 is 2.12 bits per heavy atom. The van der Waals surface area contributed by atoms with Crippen LogP contribution in [0.1, 0.15) is 55.0 Å². The molecular weight excluding hydrogens is 422 g/mol. The van der Waals surface area contributed by atoms with E-state index in [1.807, 2.05) is 0 Å². The monoisotopic (exact) mass is 457 g/mol. The Morgan fingerprint density at radius 3 is 2.97 bits per heavy atom. The molecule has 3 aliphatic heterocycles. The van der Waals surface area contributed by atoms with E-state index in [0.29, 0.717) is 0 Å².